The number of halogens is 9. The maximum Gasteiger partial charge on any atom is 0.416 e. The van der Waals surface area contributed by atoms with Crippen LogP contribution in [0.1, 0.15) is 46.2 Å². The molecule has 1 fully saturated rings. The number of rotatable bonds is 3. The zero-order valence-corrected chi connectivity index (χ0v) is 16.5. The molecule has 0 amide bonds. The molecule has 0 aromatic heterocycles. The fraction of sp³-hybridized carbons (Fsp3) is 0.429. The molecule has 32 heavy (non-hydrogen) atoms. The summed E-state index contributed by atoms with van der Waals surface area (Å²) in [5, 5.41) is 14.4. The van der Waals surface area contributed by atoms with Gasteiger partial charge in [0.2, 0.25) is 0 Å². The van der Waals surface area contributed by atoms with Crippen LogP contribution in [0.25, 0.3) is 0 Å². The molecule has 1 aliphatic heterocycles. The highest BCUT2D eigenvalue weighted by Gasteiger charge is 2.46. The van der Waals surface area contributed by atoms with E-state index in [2.05, 4.69) is 5.32 Å². The third-order valence-corrected chi connectivity index (χ3v) is 5.44. The first-order valence-electron chi connectivity index (χ1n) is 9.48. The van der Waals surface area contributed by atoms with E-state index in [4.69, 9.17) is 0 Å². The number of hydrogen-bond acceptors (Lipinski definition) is 2. The summed E-state index contributed by atoms with van der Waals surface area (Å²) in [5.41, 5.74) is -8.29. The number of aliphatic hydroxyl groups is 1. The van der Waals surface area contributed by atoms with E-state index in [1.807, 2.05) is 0 Å². The highest BCUT2D eigenvalue weighted by Crippen LogP contribution is 2.44. The molecule has 1 heterocycles. The van der Waals surface area contributed by atoms with Gasteiger partial charge in [-0.2, -0.15) is 39.5 Å². The summed E-state index contributed by atoms with van der Waals surface area (Å²) in [6.07, 6.45) is -14.6. The molecule has 2 aromatic carbocycles. The molecule has 0 bridgehead atoms. The summed E-state index contributed by atoms with van der Waals surface area (Å²) in [7, 11) is 0. The molecule has 1 saturated heterocycles. The van der Waals surface area contributed by atoms with Gasteiger partial charge in [-0.3, -0.25) is 0 Å². The van der Waals surface area contributed by atoms with Crippen LogP contribution in [0, 0.1) is 6.92 Å². The van der Waals surface area contributed by atoms with E-state index in [9.17, 15) is 44.6 Å². The third kappa shape index (κ3) is 4.73. The molecule has 1 unspecified atom stereocenters. The van der Waals surface area contributed by atoms with Crippen molar-refractivity contribution in [2.75, 3.05) is 6.54 Å². The van der Waals surface area contributed by atoms with Crippen LogP contribution >= 0.6 is 0 Å². The van der Waals surface area contributed by atoms with Gasteiger partial charge < -0.3 is 10.4 Å². The summed E-state index contributed by atoms with van der Waals surface area (Å²) in [6, 6.07) is 1.97. The zero-order chi connectivity index (χ0) is 24.1. The minimum atomic E-state index is -5.18. The lowest BCUT2D eigenvalue weighted by molar-refractivity contribution is -0.143. The highest BCUT2D eigenvalue weighted by atomic mass is 19.4. The summed E-state index contributed by atoms with van der Waals surface area (Å²) in [6.45, 7) is 1.57. The molecule has 11 heteroatoms. The predicted octanol–water partition coefficient (Wildman–Crippen LogP) is 6.04. The van der Waals surface area contributed by atoms with Crippen molar-refractivity contribution < 1.29 is 44.6 Å². The van der Waals surface area contributed by atoms with Crippen LogP contribution in [0.15, 0.2) is 36.4 Å². The van der Waals surface area contributed by atoms with Crippen LogP contribution in [-0.2, 0) is 24.1 Å². The van der Waals surface area contributed by atoms with Gasteiger partial charge in [-0.15, -0.1) is 0 Å². The maximum absolute atomic E-state index is 13.4. The van der Waals surface area contributed by atoms with Gasteiger partial charge in [0.25, 0.3) is 0 Å². The second-order valence-corrected chi connectivity index (χ2v) is 7.80. The zero-order valence-electron chi connectivity index (χ0n) is 16.5. The summed E-state index contributed by atoms with van der Waals surface area (Å²) in [4.78, 5) is 0. The van der Waals surface area contributed by atoms with Crippen LogP contribution in [0.2, 0.25) is 0 Å². The third-order valence-electron chi connectivity index (χ3n) is 5.44. The fourth-order valence-electron chi connectivity index (χ4n) is 3.95. The maximum atomic E-state index is 13.4. The average Bonchev–Trinajstić information content (AvgIpc) is 3.19. The van der Waals surface area contributed by atoms with E-state index in [-0.39, 0.29) is 24.6 Å². The van der Waals surface area contributed by atoms with Gasteiger partial charge in [-0.25, -0.2) is 0 Å². The number of nitrogens with one attached hydrogen (secondary N) is 1. The Kier molecular flexibility index (Phi) is 6.05. The SMILES string of the molecule is Cc1cc(C(F)(F)F)cc(C(O)(c2cc(C(F)(F)F)cc(C(F)(F)F)c2)[C@@H]2CCCN2)c1. The van der Waals surface area contributed by atoms with Gasteiger partial charge in [0, 0.05) is 6.04 Å². The monoisotopic (exact) mass is 471 g/mol. The second-order valence-electron chi connectivity index (χ2n) is 7.80. The standard InChI is InChI=1S/C21H18F9NO/c1-11-5-12(7-14(6-11)19(22,23)24)18(32,17-3-2-4-31-17)13-8-15(20(25,26)27)10-16(9-13)21(28,29)30/h5-10,17,31-32H,2-4H2,1H3/t17-,18?/m0/s1. The Labute approximate surface area is 177 Å². The molecule has 1 aliphatic rings. The van der Waals surface area contributed by atoms with E-state index in [1.165, 1.54) is 6.92 Å². The van der Waals surface area contributed by atoms with Crippen molar-refractivity contribution in [3.05, 3.63) is 69.8 Å². The smallest absolute Gasteiger partial charge is 0.379 e. The van der Waals surface area contributed by atoms with Crippen LogP contribution < -0.4 is 5.32 Å². The molecule has 2 aromatic rings. The van der Waals surface area contributed by atoms with Gasteiger partial charge in [-0.05, 0) is 67.8 Å². The minimum absolute atomic E-state index is 0.0364. The van der Waals surface area contributed by atoms with E-state index in [0.29, 0.717) is 24.6 Å². The van der Waals surface area contributed by atoms with Gasteiger partial charge in [0.1, 0.15) is 5.60 Å². The van der Waals surface area contributed by atoms with Gasteiger partial charge in [-0.1, -0.05) is 11.6 Å². The van der Waals surface area contributed by atoms with Crippen molar-refractivity contribution in [1.29, 1.82) is 0 Å². The Balaban J connectivity index is 2.34. The minimum Gasteiger partial charge on any atom is -0.379 e. The van der Waals surface area contributed by atoms with Crippen molar-refractivity contribution in [3.8, 4) is 0 Å². The van der Waals surface area contributed by atoms with Crippen LogP contribution in [-0.4, -0.2) is 17.7 Å². The highest BCUT2D eigenvalue weighted by molar-refractivity contribution is 5.46. The van der Waals surface area contributed by atoms with Crippen LogP contribution in [0.5, 0.6) is 0 Å². The van der Waals surface area contributed by atoms with Crippen molar-refractivity contribution >= 4 is 0 Å². The molecular formula is C21H18F9NO. The lowest BCUT2D eigenvalue weighted by Gasteiger charge is -2.36. The second kappa shape index (κ2) is 7.95. The first-order chi connectivity index (χ1) is 14.5. The predicted molar refractivity (Wildman–Crippen MR) is 96.7 cm³/mol. The molecule has 2 N–H and O–H groups in total. The fourth-order valence-corrected chi connectivity index (χ4v) is 3.95. The van der Waals surface area contributed by atoms with Crippen molar-refractivity contribution in [2.24, 2.45) is 0 Å². The normalized spacial score (nSPS) is 19.8. The Morgan fingerprint density at radius 3 is 1.47 bits per heavy atom. The first kappa shape index (κ1) is 24.4. The van der Waals surface area contributed by atoms with Crippen LogP contribution in [0.3, 0.4) is 0 Å². The Bertz CT molecular complexity index is 956. The molecule has 0 saturated carbocycles. The molecule has 2 atom stereocenters. The Morgan fingerprint density at radius 2 is 1.06 bits per heavy atom. The van der Waals surface area contributed by atoms with Gasteiger partial charge in [0.15, 0.2) is 0 Å². The Hall–Kier alpha value is -2.27. The van der Waals surface area contributed by atoms with Crippen molar-refractivity contribution in [3.63, 3.8) is 0 Å². The summed E-state index contributed by atoms with van der Waals surface area (Å²) >= 11 is 0. The van der Waals surface area contributed by atoms with Crippen molar-refractivity contribution in [1.82, 2.24) is 5.32 Å². The molecule has 2 nitrogen and oxygen atoms in total. The number of alkyl halides is 9. The molecule has 0 spiro atoms. The quantitative estimate of drug-likeness (QED) is 0.535. The summed E-state index contributed by atoms with van der Waals surface area (Å²) < 4.78 is 120. The van der Waals surface area contributed by atoms with Crippen molar-refractivity contribution in [2.45, 2.75) is 49.9 Å². The van der Waals surface area contributed by atoms with E-state index >= 15 is 0 Å². The molecule has 176 valence electrons. The molecule has 0 aliphatic carbocycles. The summed E-state index contributed by atoms with van der Waals surface area (Å²) in [5.74, 6) is 0. The van der Waals surface area contributed by atoms with Crippen LogP contribution in [0.4, 0.5) is 39.5 Å². The van der Waals surface area contributed by atoms with E-state index in [0.717, 1.165) is 12.1 Å². The van der Waals surface area contributed by atoms with Gasteiger partial charge >= 0.3 is 18.5 Å². The number of aryl methyl sites for hydroxylation is 1. The average molecular weight is 471 g/mol. The van der Waals surface area contributed by atoms with E-state index < -0.39 is 58.0 Å². The first-order valence-corrected chi connectivity index (χ1v) is 9.48. The van der Waals surface area contributed by atoms with E-state index in [1.54, 1.807) is 0 Å². The number of benzene rings is 2. The largest absolute Gasteiger partial charge is 0.416 e. The lowest BCUT2D eigenvalue weighted by atomic mass is 9.77. The topological polar surface area (TPSA) is 32.3 Å². The molecule has 0 radical (unpaired) electrons. The molecular weight excluding hydrogens is 453 g/mol. The molecule has 3 rings (SSSR count). The lowest BCUT2D eigenvalue weighted by Crippen LogP contribution is -2.46. The number of hydrogen-bond donors (Lipinski definition) is 2. The van der Waals surface area contributed by atoms with Gasteiger partial charge in [0.05, 0.1) is 16.7 Å². The Morgan fingerprint density at radius 1 is 0.688 bits per heavy atom.